The molecule has 0 aliphatic carbocycles. The standard InChI is InChI=1S/C26H22FN3O3S/c1-15-13-17(6-10-20(15)24(31)30-12-2-3-22(30)25(32)33)16-4-8-19(9-5-16)28-26-29-21-11-7-18(27)14-23(21)34-26/h4-11,13-14,22H,2-3,12H2,1H3,(H,28,29)(H,32,33)/t22-/m0/s1. The predicted molar refractivity (Wildman–Crippen MR) is 131 cm³/mol. The van der Waals surface area contributed by atoms with Crippen LogP contribution in [0.5, 0.6) is 0 Å². The third kappa shape index (κ3) is 4.24. The van der Waals surface area contributed by atoms with Gasteiger partial charge >= 0.3 is 5.97 Å². The van der Waals surface area contributed by atoms with Crippen LogP contribution in [0.3, 0.4) is 0 Å². The second kappa shape index (κ2) is 8.87. The topological polar surface area (TPSA) is 82.5 Å². The number of thiazole rings is 1. The Labute approximate surface area is 199 Å². The third-order valence-electron chi connectivity index (χ3n) is 6.08. The van der Waals surface area contributed by atoms with Crippen LogP contribution in [0.4, 0.5) is 15.2 Å². The zero-order valence-corrected chi connectivity index (χ0v) is 19.2. The molecule has 2 N–H and O–H groups in total. The Kier molecular flexibility index (Phi) is 5.75. The van der Waals surface area contributed by atoms with Crippen LogP contribution in [-0.4, -0.2) is 39.5 Å². The van der Waals surface area contributed by atoms with Gasteiger partial charge in [0.2, 0.25) is 0 Å². The molecule has 0 unspecified atom stereocenters. The largest absolute Gasteiger partial charge is 0.480 e. The summed E-state index contributed by atoms with van der Waals surface area (Å²) in [5, 5.41) is 13.3. The van der Waals surface area contributed by atoms with Crippen molar-refractivity contribution < 1.29 is 19.1 Å². The van der Waals surface area contributed by atoms with Gasteiger partial charge in [0.25, 0.3) is 5.91 Å². The first-order valence-electron chi connectivity index (χ1n) is 11.0. The molecule has 0 bridgehead atoms. The second-order valence-electron chi connectivity index (χ2n) is 8.36. The Balaban J connectivity index is 1.32. The van der Waals surface area contributed by atoms with Gasteiger partial charge in [0, 0.05) is 17.8 Å². The summed E-state index contributed by atoms with van der Waals surface area (Å²) in [4.78, 5) is 30.4. The van der Waals surface area contributed by atoms with Crippen LogP contribution in [-0.2, 0) is 4.79 Å². The Morgan fingerprint density at radius 2 is 1.85 bits per heavy atom. The maximum atomic E-state index is 13.4. The van der Waals surface area contributed by atoms with Gasteiger partial charge in [0.15, 0.2) is 5.13 Å². The average Bonchev–Trinajstić information content (AvgIpc) is 3.46. The van der Waals surface area contributed by atoms with E-state index < -0.39 is 12.0 Å². The highest BCUT2D eigenvalue weighted by Gasteiger charge is 2.34. The minimum absolute atomic E-state index is 0.232. The van der Waals surface area contributed by atoms with E-state index in [1.807, 2.05) is 43.3 Å². The van der Waals surface area contributed by atoms with Crippen molar-refractivity contribution in [2.24, 2.45) is 0 Å². The van der Waals surface area contributed by atoms with E-state index in [9.17, 15) is 19.1 Å². The van der Waals surface area contributed by atoms with E-state index in [1.54, 1.807) is 12.1 Å². The molecular formula is C26H22FN3O3S. The number of amides is 1. The van der Waals surface area contributed by atoms with Crippen molar-refractivity contribution in [2.45, 2.75) is 25.8 Å². The molecule has 1 saturated heterocycles. The number of carboxylic acid groups (broad SMARTS) is 1. The van der Waals surface area contributed by atoms with Crippen LogP contribution in [0.1, 0.15) is 28.8 Å². The Hall–Kier alpha value is -3.78. The highest BCUT2D eigenvalue weighted by molar-refractivity contribution is 7.22. The van der Waals surface area contributed by atoms with Crippen molar-refractivity contribution in [2.75, 3.05) is 11.9 Å². The lowest BCUT2D eigenvalue weighted by atomic mass is 9.99. The van der Waals surface area contributed by atoms with Gasteiger partial charge in [-0.05, 0) is 72.9 Å². The van der Waals surface area contributed by atoms with Crippen LogP contribution in [0.2, 0.25) is 0 Å². The van der Waals surface area contributed by atoms with Crippen LogP contribution in [0, 0.1) is 12.7 Å². The fourth-order valence-electron chi connectivity index (χ4n) is 4.33. The number of halogens is 1. The molecule has 1 aromatic heterocycles. The highest BCUT2D eigenvalue weighted by atomic mass is 32.1. The smallest absolute Gasteiger partial charge is 0.326 e. The SMILES string of the molecule is Cc1cc(-c2ccc(Nc3nc4ccc(F)cc4s3)cc2)ccc1C(=O)N1CCC[C@H]1C(=O)O. The minimum Gasteiger partial charge on any atom is -0.480 e. The molecular weight excluding hydrogens is 453 g/mol. The summed E-state index contributed by atoms with van der Waals surface area (Å²) < 4.78 is 14.2. The number of aromatic nitrogens is 1. The summed E-state index contributed by atoms with van der Waals surface area (Å²) in [5.41, 5.74) is 4.90. The van der Waals surface area contributed by atoms with Crippen LogP contribution in [0.15, 0.2) is 60.7 Å². The monoisotopic (exact) mass is 475 g/mol. The van der Waals surface area contributed by atoms with E-state index in [1.165, 1.54) is 28.4 Å². The van der Waals surface area contributed by atoms with Gasteiger partial charge in [-0.2, -0.15) is 0 Å². The van der Waals surface area contributed by atoms with Crippen molar-refractivity contribution >= 4 is 44.2 Å². The molecule has 8 heteroatoms. The van der Waals surface area contributed by atoms with Gasteiger partial charge in [-0.25, -0.2) is 14.2 Å². The van der Waals surface area contributed by atoms with Gasteiger partial charge in [0.1, 0.15) is 11.9 Å². The van der Waals surface area contributed by atoms with Crippen LogP contribution >= 0.6 is 11.3 Å². The van der Waals surface area contributed by atoms with E-state index in [4.69, 9.17) is 0 Å². The maximum Gasteiger partial charge on any atom is 0.326 e. The Bertz CT molecular complexity index is 1400. The number of carbonyl (C=O) groups excluding carboxylic acids is 1. The molecule has 3 aromatic carbocycles. The van der Waals surface area contributed by atoms with E-state index in [-0.39, 0.29) is 11.7 Å². The molecule has 4 aromatic rings. The number of nitrogens with one attached hydrogen (secondary N) is 1. The van der Waals surface area contributed by atoms with E-state index >= 15 is 0 Å². The molecule has 1 aliphatic heterocycles. The number of aryl methyl sites for hydroxylation is 1. The van der Waals surface area contributed by atoms with Crippen molar-refractivity contribution in [3.05, 3.63) is 77.6 Å². The zero-order valence-electron chi connectivity index (χ0n) is 18.4. The van der Waals surface area contributed by atoms with Crippen LogP contribution in [0.25, 0.3) is 21.3 Å². The first-order valence-corrected chi connectivity index (χ1v) is 11.8. The molecule has 34 heavy (non-hydrogen) atoms. The molecule has 1 fully saturated rings. The zero-order chi connectivity index (χ0) is 23.8. The second-order valence-corrected chi connectivity index (χ2v) is 9.39. The number of hydrogen-bond donors (Lipinski definition) is 2. The molecule has 1 aliphatic rings. The van der Waals surface area contributed by atoms with E-state index in [2.05, 4.69) is 10.3 Å². The first kappa shape index (κ1) is 22.0. The number of likely N-dealkylation sites (tertiary alicyclic amines) is 1. The number of hydrogen-bond acceptors (Lipinski definition) is 5. The number of carbonyl (C=O) groups is 2. The normalized spacial score (nSPS) is 15.6. The summed E-state index contributed by atoms with van der Waals surface area (Å²) in [6.45, 7) is 2.34. The first-order chi connectivity index (χ1) is 16.4. The van der Waals surface area contributed by atoms with Gasteiger partial charge in [-0.1, -0.05) is 35.6 Å². The molecule has 0 radical (unpaired) electrons. The number of nitrogens with zero attached hydrogens (tertiary/aromatic N) is 2. The summed E-state index contributed by atoms with van der Waals surface area (Å²) in [6, 6.07) is 17.2. The van der Waals surface area contributed by atoms with E-state index in [0.29, 0.717) is 30.1 Å². The molecule has 2 heterocycles. The summed E-state index contributed by atoms with van der Waals surface area (Å²) in [6.07, 6.45) is 1.20. The van der Waals surface area contributed by atoms with Crippen molar-refractivity contribution in [3.8, 4) is 11.1 Å². The summed E-state index contributed by atoms with van der Waals surface area (Å²) in [7, 11) is 0. The van der Waals surface area contributed by atoms with Gasteiger partial charge in [-0.3, -0.25) is 4.79 Å². The van der Waals surface area contributed by atoms with Crippen molar-refractivity contribution in [1.82, 2.24) is 9.88 Å². The molecule has 1 amide bonds. The van der Waals surface area contributed by atoms with Crippen molar-refractivity contribution in [3.63, 3.8) is 0 Å². The van der Waals surface area contributed by atoms with Gasteiger partial charge in [0.05, 0.1) is 10.2 Å². The molecule has 0 spiro atoms. The van der Waals surface area contributed by atoms with Crippen LogP contribution < -0.4 is 5.32 Å². The number of anilines is 2. The molecule has 0 saturated carbocycles. The number of fused-ring (bicyclic) bond motifs is 1. The van der Waals surface area contributed by atoms with Crippen molar-refractivity contribution in [1.29, 1.82) is 0 Å². The number of aliphatic carboxylic acids is 1. The fraction of sp³-hybridized carbons (Fsp3) is 0.192. The lowest BCUT2D eigenvalue weighted by Gasteiger charge is -2.22. The Morgan fingerprint density at radius 3 is 2.59 bits per heavy atom. The number of carboxylic acids is 1. The molecule has 172 valence electrons. The Morgan fingerprint density at radius 1 is 1.09 bits per heavy atom. The highest BCUT2D eigenvalue weighted by Crippen LogP contribution is 2.31. The maximum absolute atomic E-state index is 13.4. The summed E-state index contributed by atoms with van der Waals surface area (Å²) in [5.74, 6) is -1.46. The number of benzene rings is 3. The average molecular weight is 476 g/mol. The fourth-order valence-corrected chi connectivity index (χ4v) is 5.24. The third-order valence-corrected chi connectivity index (χ3v) is 7.01. The molecule has 5 rings (SSSR count). The van der Waals surface area contributed by atoms with Gasteiger partial charge in [-0.15, -0.1) is 0 Å². The molecule has 1 atom stereocenters. The summed E-state index contributed by atoms with van der Waals surface area (Å²) >= 11 is 1.39. The minimum atomic E-state index is -0.952. The lowest BCUT2D eigenvalue weighted by molar-refractivity contribution is -0.141. The lowest BCUT2D eigenvalue weighted by Crippen LogP contribution is -2.40. The quantitative estimate of drug-likeness (QED) is 0.379. The van der Waals surface area contributed by atoms with Gasteiger partial charge < -0.3 is 15.3 Å². The molecule has 6 nitrogen and oxygen atoms in total. The predicted octanol–water partition coefficient (Wildman–Crippen LogP) is 5.84. The number of rotatable bonds is 5. The van der Waals surface area contributed by atoms with E-state index in [0.717, 1.165) is 32.6 Å².